The maximum Gasteiger partial charge on any atom is 0.325 e. The highest BCUT2D eigenvalue weighted by atomic mass is 35.5. The number of alkyl halides is 1. The van der Waals surface area contributed by atoms with Gasteiger partial charge in [0.15, 0.2) is 0 Å². The van der Waals surface area contributed by atoms with E-state index in [1.165, 1.54) is 4.90 Å². The third-order valence-electron chi connectivity index (χ3n) is 2.57. The van der Waals surface area contributed by atoms with Crippen LogP contribution in [-0.2, 0) is 4.79 Å². The number of hydrogen-bond acceptors (Lipinski definition) is 2. The molecule has 0 aliphatic carbocycles. The van der Waals surface area contributed by atoms with E-state index < -0.39 is 5.54 Å². The van der Waals surface area contributed by atoms with Crippen molar-refractivity contribution >= 4 is 23.5 Å². The van der Waals surface area contributed by atoms with Gasteiger partial charge in [-0.2, -0.15) is 0 Å². The molecule has 1 atom stereocenters. The van der Waals surface area contributed by atoms with Gasteiger partial charge in [0.2, 0.25) is 0 Å². The summed E-state index contributed by atoms with van der Waals surface area (Å²) in [6.45, 7) is 4.03. The molecule has 1 unspecified atom stereocenters. The Balaban J connectivity index is 2.70. The number of nitrogens with zero attached hydrogens (tertiary/aromatic N) is 1. The van der Waals surface area contributed by atoms with Crippen LogP contribution in [0.1, 0.15) is 26.7 Å². The summed E-state index contributed by atoms with van der Waals surface area (Å²) in [5.74, 6) is 0.315. The summed E-state index contributed by atoms with van der Waals surface area (Å²) < 4.78 is 0. The number of rotatable bonds is 4. The third-order valence-corrected chi connectivity index (χ3v) is 2.83. The number of carbonyl (C=O) groups excluding carboxylic acids is 2. The number of amides is 3. The lowest BCUT2D eigenvalue weighted by atomic mass is 9.99. The number of hydrogen-bond donors (Lipinski definition) is 1. The molecular weight excluding hydrogens is 204 g/mol. The van der Waals surface area contributed by atoms with Crippen molar-refractivity contribution in [3.05, 3.63) is 0 Å². The molecule has 1 heterocycles. The zero-order valence-corrected chi connectivity index (χ0v) is 9.23. The standard InChI is InChI=1S/C9H15ClN2O2/c1-3-9(2)7(13)12(6-4-5-10)8(14)11-9/h3-6H2,1-2H3,(H,11,14). The molecule has 0 saturated carbocycles. The van der Waals surface area contributed by atoms with E-state index in [0.717, 1.165) is 0 Å². The maximum atomic E-state index is 11.8. The Morgan fingerprint density at radius 3 is 2.57 bits per heavy atom. The van der Waals surface area contributed by atoms with Crippen LogP contribution in [0.15, 0.2) is 0 Å². The second-order valence-corrected chi connectivity index (χ2v) is 3.99. The summed E-state index contributed by atoms with van der Waals surface area (Å²) in [5, 5.41) is 2.68. The third kappa shape index (κ3) is 1.85. The summed E-state index contributed by atoms with van der Waals surface area (Å²) in [6, 6.07) is -0.301. The first-order valence-electron chi connectivity index (χ1n) is 4.75. The van der Waals surface area contributed by atoms with E-state index in [2.05, 4.69) is 5.32 Å². The van der Waals surface area contributed by atoms with Crippen molar-refractivity contribution in [3.8, 4) is 0 Å². The Hall–Kier alpha value is -0.770. The molecule has 0 aromatic carbocycles. The zero-order valence-electron chi connectivity index (χ0n) is 8.47. The second kappa shape index (κ2) is 4.17. The van der Waals surface area contributed by atoms with Crippen LogP contribution in [0.5, 0.6) is 0 Å². The molecule has 1 saturated heterocycles. The molecule has 0 radical (unpaired) electrons. The predicted molar refractivity (Wildman–Crippen MR) is 54.3 cm³/mol. The van der Waals surface area contributed by atoms with Crippen LogP contribution >= 0.6 is 11.6 Å². The maximum absolute atomic E-state index is 11.8. The summed E-state index contributed by atoms with van der Waals surface area (Å²) in [6.07, 6.45) is 1.25. The Morgan fingerprint density at radius 1 is 1.50 bits per heavy atom. The van der Waals surface area contributed by atoms with Crippen LogP contribution in [0.4, 0.5) is 4.79 Å². The van der Waals surface area contributed by atoms with Crippen LogP contribution in [0.2, 0.25) is 0 Å². The fourth-order valence-electron chi connectivity index (χ4n) is 1.41. The van der Waals surface area contributed by atoms with Gasteiger partial charge in [0.1, 0.15) is 5.54 Å². The molecule has 1 aliphatic rings. The number of halogens is 1. The first kappa shape index (κ1) is 11.3. The van der Waals surface area contributed by atoms with Crippen LogP contribution in [0.3, 0.4) is 0 Å². The number of carbonyl (C=O) groups is 2. The molecule has 0 aromatic heterocycles. The smallest absolute Gasteiger partial charge is 0.323 e. The minimum atomic E-state index is -0.719. The summed E-state index contributed by atoms with van der Waals surface area (Å²) >= 11 is 5.51. The van der Waals surface area contributed by atoms with E-state index in [1.807, 2.05) is 6.92 Å². The molecule has 1 rings (SSSR count). The van der Waals surface area contributed by atoms with Crippen LogP contribution in [0.25, 0.3) is 0 Å². The monoisotopic (exact) mass is 218 g/mol. The number of urea groups is 1. The lowest BCUT2D eigenvalue weighted by molar-refractivity contribution is -0.130. The quantitative estimate of drug-likeness (QED) is 0.572. The SMILES string of the molecule is CCC1(C)NC(=O)N(CCCCl)C1=O. The molecule has 80 valence electrons. The van der Waals surface area contributed by atoms with Crippen molar-refractivity contribution < 1.29 is 9.59 Å². The normalized spacial score (nSPS) is 26.9. The van der Waals surface area contributed by atoms with Crippen molar-refractivity contribution in [1.29, 1.82) is 0 Å². The van der Waals surface area contributed by atoms with Gasteiger partial charge < -0.3 is 5.32 Å². The van der Waals surface area contributed by atoms with Crippen molar-refractivity contribution in [2.75, 3.05) is 12.4 Å². The molecule has 1 N–H and O–H groups in total. The molecule has 0 aromatic rings. The van der Waals surface area contributed by atoms with Gasteiger partial charge in [0.05, 0.1) is 0 Å². The minimum absolute atomic E-state index is 0.143. The average Bonchev–Trinajstić information content (AvgIpc) is 2.37. The molecule has 14 heavy (non-hydrogen) atoms. The summed E-state index contributed by atoms with van der Waals surface area (Å²) in [7, 11) is 0. The van der Waals surface area contributed by atoms with Gasteiger partial charge in [-0.25, -0.2) is 4.79 Å². The first-order chi connectivity index (χ1) is 6.55. The lowest BCUT2D eigenvalue weighted by Crippen LogP contribution is -2.43. The number of imide groups is 1. The largest absolute Gasteiger partial charge is 0.325 e. The zero-order chi connectivity index (χ0) is 10.8. The molecule has 0 spiro atoms. The van der Waals surface area contributed by atoms with Crippen LogP contribution in [-0.4, -0.2) is 34.8 Å². The Labute approximate surface area is 88.6 Å². The van der Waals surface area contributed by atoms with Crippen molar-refractivity contribution in [3.63, 3.8) is 0 Å². The summed E-state index contributed by atoms with van der Waals surface area (Å²) in [4.78, 5) is 24.4. The van der Waals surface area contributed by atoms with Gasteiger partial charge in [-0.05, 0) is 19.8 Å². The Morgan fingerprint density at radius 2 is 2.14 bits per heavy atom. The van der Waals surface area contributed by atoms with E-state index in [9.17, 15) is 9.59 Å². The summed E-state index contributed by atoms with van der Waals surface area (Å²) in [5.41, 5.74) is -0.719. The Kier molecular flexibility index (Phi) is 3.37. The van der Waals surface area contributed by atoms with E-state index in [1.54, 1.807) is 6.92 Å². The van der Waals surface area contributed by atoms with E-state index in [4.69, 9.17) is 11.6 Å². The highest BCUT2D eigenvalue weighted by Gasteiger charge is 2.45. The van der Waals surface area contributed by atoms with E-state index in [0.29, 0.717) is 25.3 Å². The lowest BCUT2D eigenvalue weighted by Gasteiger charge is -2.18. The van der Waals surface area contributed by atoms with E-state index in [-0.39, 0.29) is 11.9 Å². The van der Waals surface area contributed by atoms with Gasteiger partial charge in [0.25, 0.3) is 5.91 Å². The van der Waals surface area contributed by atoms with Gasteiger partial charge in [-0.1, -0.05) is 6.92 Å². The predicted octanol–water partition coefficient (Wildman–Crippen LogP) is 1.34. The van der Waals surface area contributed by atoms with Gasteiger partial charge in [0, 0.05) is 12.4 Å². The van der Waals surface area contributed by atoms with Crippen LogP contribution < -0.4 is 5.32 Å². The molecule has 4 nitrogen and oxygen atoms in total. The second-order valence-electron chi connectivity index (χ2n) is 3.62. The number of nitrogens with one attached hydrogen (secondary N) is 1. The minimum Gasteiger partial charge on any atom is -0.323 e. The van der Waals surface area contributed by atoms with Gasteiger partial charge >= 0.3 is 6.03 Å². The van der Waals surface area contributed by atoms with Gasteiger partial charge in [-0.3, -0.25) is 9.69 Å². The van der Waals surface area contributed by atoms with Crippen LogP contribution in [0, 0.1) is 0 Å². The Bertz CT molecular complexity index is 257. The fraction of sp³-hybridized carbons (Fsp3) is 0.778. The van der Waals surface area contributed by atoms with Crippen molar-refractivity contribution in [1.82, 2.24) is 10.2 Å². The molecule has 1 fully saturated rings. The topological polar surface area (TPSA) is 49.4 Å². The van der Waals surface area contributed by atoms with Gasteiger partial charge in [-0.15, -0.1) is 11.6 Å². The highest BCUT2D eigenvalue weighted by molar-refractivity contribution is 6.17. The van der Waals surface area contributed by atoms with E-state index >= 15 is 0 Å². The highest BCUT2D eigenvalue weighted by Crippen LogP contribution is 2.20. The van der Waals surface area contributed by atoms with Crippen molar-refractivity contribution in [2.45, 2.75) is 32.2 Å². The average molecular weight is 219 g/mol. The molecule has 3 amide bonds. The van der Waals surface area contributed by atoms with Crippen molar-refractivity contribution in [2.24, 2.45) is 0 Å². The molecule has 1 aliphatic heterocycles. The first-order valence-corrected chi connectivity index (χ1v) is 5.28. The molecular formula is C9H15ClN2O2. The fourth-order valence-corrected chi connectivity index (χ4v) is 1.53. The molecule has 5 heteroatoms. The molecule has 0 bridgehead atoms.